The zero-order valence-electron chi connectivity index (χ0n) is 8.01. The van der Waals surface area contributed by atoms with Crippen molar-refractivity contribution in [1.29, 1.82) is 0 Å². The van der Waals surface area contributed by atoms with E-state index in [9.17, 15) is 5.11 Å². The van der Waals surface area contributed by atoms with Gasteiger partial charge in [0.15, 0.2) is 0 Å². The van der Waals surface area contributed by atoms with E-state index < -0.39 is 5.60 Å². The Labute approximate surface area is 93.0 Å². The molecular formula is C9H14BIO2. The van der Waals surface area contributed by atoms with Crippen LogP contribution in [-0.4, -0.2) is 34.1 Å². The number of fused-ring (bicyclic) bond motifs is 3. The standard InChI is InChI=1S/C9H14BIO2/c1-7-3-8(12)2-5(10)13-6(8)9(7,11)4-7/h5-6,12H,2-4,10H2,1H3. The number of hydrogen-bond acceptors (Lipinski definition) is 2. The first-order chi connectivity index (χ1) is 5.90. The van der Waals surface area contributed by atoms with Crippen LogP contribution in [0.1, 0.15) is 26.2 Å². The predicted octanol–water partition coefficient (Wildman–Crippen LogP) is 0.453. The SMILES string of the molecule is BC1CC2(O)CC3(C)CC3(I)C2O1. The molecule has 5 unspecified atom stereocenters. The monoisotopic (exact) mass is 292 g/mol. The molecule has 2 saturated carbocycles. The van der Waals surface area contributed by atoms with Crippen LogP contribution in [0.25, 0.3) is 0 Å². The Morgan fingerprint density at radius 3 is 2.85 bits per heavy atom. The molecule has 72 valence electrons. The Morgan fingerprint density at radius 1 is 1.54 bits per heavy atom. The van der Waals surface area contributed by atoms with Gasteiger partial charge in [0.25, 0.3) is 0 Å². The molecule has 3 rings (SSSR count). The number of halogens is 1. The summed E-state index contributed by atoms with van der Waals surface area (Å²) in [5.74, 6) is 0. The summed E-state index contributed by atoms with van der Waals surface area (Å²) < 4.78 is 6.09. The normalized spacial score (nSPS) is 69.2. The molecule has 1 saturated heterocycles. The van der Waals surface area contributed by atoms with E-state index in [1.807, 2.05) is 0 Å². The maximum Gasteiger partial charge on any atom is 0.139 e. The molecule has 3 fully saturated rings. The molecule has 0 aromatic rings. The summed E-state index contributed by atoms with van der Waals surface area (Å²) >= 11 is 2.51. The van der Waals surface area contributed by atoms with Gasteiger partial charge in [-0.15, -0.1) is 0 Å². The fourth-order valence-corrected chi connectivity index (χ4v) is 5.29. The van der Waals surface area contributed by atoms with Gasteiger partial charge in [0.2, 0.25) is 0 Å². The summed E-state index contributed by atoms with van der Waals surface area (Å²) in [6, 6.07) is 0.242. The molecule has 1 heterocycles. The molecule has 0 radical (unpaired) electrons. The Bertz CT molecular complexity index is 287. The number of aliphatic hydroxyl groups is 1. The van der Waals surface area contributed by atoms with E-state index >= 15 is 0 Å². The van der Waals surface area contributed by atoms with Crippen molar-refractivity contribution < 1.29 is 9.84 Å². The molecular weight excluding hydrogens is 278 g/mol. The number of hydrogen-bond donors (Lipinski definition) is 1. The first-order valence-corrected chi connectivity index (χ1v) is 6.04. The van der Waals surface area contributed by atoms with Crippen LogP contribution in [-0.2, 0) is 4.74 Å². The van der Waals surface area contributed by atoms with Gasteiger partial charge in [0.1, 0.15) is 14.0 Å². The Hall–Kier alpha value is 0.715. The maximum absolute atomic E-state index is 10.4. The highest BCUT2D eigenvalue weighted by Gasteiger charge is 2.79. The summed E-state index contributed by atoms with van der Waals surface area (Å²) in [6.45, 7) is 2.28. The van der Waals surface area contributed by atoms with Crippen LogP contribution in [0.5, 0.6) is 0 Å². The topological polar surface area (TPSA) is 29.5 Å². The molecule has 0 aromatic carbocycles. The average molecular weight is 292 g/mol. The quantitative estimate of drug-likeness (QED) is 0.399. The molecule has 1 N–H and O–H groups in total. The average Bonchev–Trinajstić information content (AvgIpc) is 2.27. The summed E-state index contributed by atoms with van der Waals surface area (Å²) in [6.07, 6.45) is 3.09. The van der Waals surface area contributed by atoms with E-state index in [1.54, 1.807) is 0 Å². The van der Waals surface area contributed by atoms with E-state index in [4.69, 9.17) is 4.74 Å². The summed E-state index contributed by atoms with van der Waals surface area (Å²) in [5, 5.41) is 10.4. The molecule has 2 aliphatic carbocycles. The van der Waals surface area contributed by atoms with E-state index in [1.165, 1.54) is 6.42 Å². The van der Waals surface area contributed by atoms with Crippen LogP contribution in [0.4, 0.5) is 0 Å². The predicted molar refractivity (Wildman–Crippen MR) is 60.9 cm³/mol. The van der Waals surface area contributed by atoms with Gasteiger partial charge in [0.05, 0.1) is 9.02 Å². The molecule has 0 spiro atoms. The van der Waals surface area contributed by atoms with Crippen LogP contribution >= 0.6 is 22.6 Å². The van der Waals surface area contributed by atoms with E-state index in [2.05, 4.69) is 37.4 Å². The zero-order valence-corrected chi connectivity index (χ0v) is 10.2. The van der Waals surface area contributed by atoms with Crippen molar-refractivity contribution in [2.75, 3.05) is 0 Å². The smallest absolute Gasteiger partial charge is 0.139 e. The maximum atomic E-state index is 10.4. The van der Waals surface area contributed by atoms with Crippen molar-refractivity contribution in [3.05, 3.63) is 0 Å². The molecule has 5 atom stereocenters. The van der Waals surface area contributed by atoms with Gasteiger partial charge >= 0.3 is 0 Å². The first kappa shape index (κ1) is 8.98. The van der Waals surface area contributed by atoms with Gasteiger partial charge < -0.3 is 9.84 Å². The third-order valence-electron chi connectivity index (χ3n) is 4.14. The number of alkyl halides is 1. The Kier molecular flexibility index (Phi) is 1.46. The highest BCUT2D eigenvalue weighted by Crippen LogP contribution is 2.76. The lowest BCUT2D eigenvalue weighted by Gasteiger charge is -2.25. The molecule has 13 heavy (non-hydrogen) atoms. The van der Waals surface area contributed by atoms with E-state index in [0.29, 0.717) is 5.41 Å². The van der Waals surface area contributed by atoms with Gasteiger partial charge in [-0.3, -0.25) is 0 Å². The van der Waals surface area contributed by atoms with Crippen molar-refractivity contribution in [3.63, 3.8) is 0 Å². The minimum Gasteiger partial charge on any atom is -0.387 e. The third kappa shape index (κ3) is 0.881. The Morgan fingerprint density at radius 2 is 2.23 bits per heavy atom. The molecule has 1 aliphatic heterocycles. The van der Waals surface area contributed by atoms with Crippen LogP contribution in [0.2, 0.25) is 0 Å². The van der Waals surface area contributed by atoms with Crippen molar-refractivity contribution in [2.24, 2.45) is 5.41 Å². The second-order valence-corrected chi connectivity index (χ2v) is 7.34. The van der Waals surface area contributed by atoms with Crippen molar-refractivity contribution in [1.82, 2.24) is 0 Å². The molecule has 0 amide bonds. The highest BCUT2D eigenvalue weighted by atomic mass is 127. The fraction of sp³-hybridized carbons (Fsp3) is 1.00. The van der Waals surface area contributed by atoms with Crippen LogP contribution in [0, 0.1) is 5.41 Å². The van der Waals surface area contributed by atoms with Crippen LogP contribution in [0.3, 0.4) is 0 Å². The first-order valence-electron chi connectivity index (χ1n) is 4.96. The lowest BCUT2D eigenvalue weighted by molar-refractivity contribution is -0.0286. The fourth-order valence-electron chi connectivity index (χ4n) is 3.53. The molecule has 2 nitrogen and oxygen atoms in total. The summed E-state index contributed by atoms with van der Waals surface area (Å²) in [4.78, 5) is 0. The van der Waals surface area contributed by atoms with Gasteiger partial charge in [-0.2, -0.15) is 0 Å². The van der Waals surface area contributed by atoms with E-state index in [-0.39, 0.29) is 15.5 Å². The highest BCUT2D eigenvalue weighted by molar-refractivity contribution is 14.1. The zero-order chi connectivity index (χ0) is 9.48. The second-order valence-electron chi connectivity index (χ2n) is 5.41. The largest absolute Gasteiger partial charge is 0.387 e. The van der Waals surface area contributed by atoms with Crippen LogP contribution in [0.15, 0.2) is 0 Å². The van der Waals surface area contributed by atoms with Gasteiger partial charge in [-0.25, -0.2) is 0 Å². The molecule has 4 heteroatoms. The van der Waals surface area contributed by atoms with Crippen molar-refractivity contribution in [2.45, 2.75) is 47.3 Å². The third-order valence-corrected chi connectivity index (χ3v) is 6.38. The molecule has 3 aliphatic rings. The Balaban J connectivity index is 1.99. The summed E-state index contributed by atoms with van der Waals surface area (Å²) in [5.41, 5.74) is -0.152. The van der Waals surface area contributed by atoms with Crippen molar-refractivity contribution in [3.8, 4) is 0 Å². The number of ether oxygens (including phenoxy) is 1. The minimum absolute atomic E-state index is 0.0978. The van der Waals surface area contributed by atoms with E-state index in [0.717, 1.165) is 12.8 Å². The lowest BCUT2D eigenvalue weighted by Crippen LogP contribution is -2.39. The van der Waals surface area contributed by atoms with Gasteiger partial charge in [0, 0.05) is 6.00 Å². The minimum atomic E-state index is -0.506. The van der Waals surface area contributed by atoms with Crippen LogP contribution < -0.4 is 0 Å². The summed E-state index contributed by atoms with van der Waals surface area (Å²) in [7, 11) is 2.07. The molecule has 0 aromatic heterocycles. The van der Waals surface area contributed by atoms with Gasteiger partial charge in [-0.1, -0.05) is 29.5 Å². The van der Waals surface area contributed by atoms with Gasteiger partial charge in [-0.05, 0) is 24.7 Å². The van der Waals surface area contributed by atoms with Crippen molar-refractivity contribution >= 4 is 30.4 Å². The lowest BCUT2D eigenvalue weighted by atomic mass is 9.85. The second kappa shape index (κ2) is 2.12. The number of rotatable bonds is 0. The molecule has 0 bridgehead atoms.